The van der Waals surface area contributed by atoms with Crippen molar-refractivity contribution >= 4 is 84.9 Å². The third-order valence-corrected chi connectivity index (χ3v) is 18.0. The van der Waals surface area contributed by atoms with Crippen molar-refractivity contribution in [2.45, 2.75) is 207 Å². The summed E-state index contributed by atoms with van der Waals surface area (Å²) in [5.74, 6) is 1.56. The van der Waals surface area contributed by atoms with E-state index in [0.29, 0.717) is 11.8 Å². The van der Waals surface area contributed by atoms with Crippen LogP contribution in [0, 0.1) is 47.6 Å². The van der Waals surface area contributed by atoms with Gasteiger partial charge in [-0.25, -0.2) is 0 Å². The minimum atomic E-state index is 0.214. The molecule has 0 aliphatic carbocycles. The summed E-state index contributed by atoms with van der Waals surface area (Å²) in [6, 6.07) is 4.52. The lowest BCUT2D eigenvalue weighted by Crippen LogP contribution is -2.09. The molecule has 4 heterocycles. The van der Waals surface area contributed by atoms with Crippen LogP contribution in [0.5, 0.6) is 0 Å². The maximum absolute atomic E-state index is 10.1. The van der Waals surface area contributed by atoms with Crippen molar-refractivity contribution in [1.29, 1.82) is 10.5 Å². The Balaban J connectivity index is 1.69. The molecule has 0 radical (unpaired) electrons. The fraction of sp³-hybridized carbons (Fsp3) is 0.680. The molecule has 4 rings (SSSR count). The van der Waals surface area contributed by atoms with E-state index in [2.05, 4.69) is 49.5 Å². The lowest BCUT2D eigenvalue weighted by molar-refractivity contribution is 0.382. The normalized spacial score (nSPS) is 12.5. The topological polar surface area (TPSA) is 56.3 Å². The van der Waals surface area contributed by atoms with Crippen LogP contribution >= 0.6 is 45.3 Å². The highest BCUT2D eigenvalue weighted by molar-refractivity contribution is 7.44. The molecule has 314 valence electrons. The zero-order valence-electron chi connectivity index (χ0n) is 36.4. The summed E-state index contributed by atoms with van der Waals surface area (Å²) in [5.41, 5.74) is 2.66. The molecule has 4 nitrogen and oxygen atoms in total. The molecular weight excluding hydrogens is 785 g/mol. The molecule has 0 fully saturated rings. The Hall–Kier alpha value is -2.72. The third kappa shape index (κ3) is 13.7. The Morgan fingerprint density at radius 1 is 0.448 bits per heavy atom. The van der Waals surface area contributed by atoms with Crippen LogP contribution in [0.2, 0.25) is 0 Å². The van der Waals surface area contributed by atoms with Gasteiger partial charge in [-0.3, -0.25) is 0 Å². The van der Waals surface area contributed by atoms with E-state index in [1.807, 2.05) is 22.7 Å². The Morgan fingerprint density at radius 2 is 0.776 bits per heavy atom. The first-order valence-electron chi connectivity index (χ1n) is 23.2. The van der Waals surface area contributed by atoms with Gasteiger partial charge in [-0.1, -0.05) is 182 Å². The van der Waals surface area contributed by atoms with Gasteiger partial charge in [0.1, 0.15) is 35.4 Å². The van der Waals surface area contributed by atoms with Gasteiger partial charge in [0, 0.05) is 4.70 Å². The molecular formula is C50H70N4S4. The number of thiophene rings is 4. The SMILES string of the molecule is [C-]#[N+]C([N+]#[C-])=c1sc2c(sc3c4sc(=C(C#N)C#N)c(CCC(CCCCCC)CCCCCCCC)c4sc23)c1CCC(CCCCCC)CCCCCCCC. The summed E-state index contributed by atoms with van der Waals surface area (Å²) in [6.07, 6.45) is 35.3. The van der Waals surface area contributed by atoms with Gasteiger partial charge in [-0.15, -0.1) is 45.3 Å². The van der Waals surface area contributed by atoms with Crippen molar-refractivity contribution in [2.75, 3.05) is 0 Å². The van der Waals surface area contributed by atoms with Gasteiger partial charge in [0.2, 0.25) is 0 Å². The van der Waals surface area contributed by atoms with Gasteiger partial charge >= 0.3 is 5.82 Å². The predicted molar refractivity (Wildman–Crippen MR) is 258 cm³/mol. The number of nitriles is 2. The number of fused-ring (bicyclic) bond motifs is 5. The number of rotatable bonds is 30. The van der Waals surface area contributed by atoms with E-state index in [0.717, 1.165) is 34.7 Å². The summed E-state index contributed by atoms with van der Waals surface area (Å²) in [5, 5.41) is 20.2. The third-order valence-electron chi connectivity index (χ3n) is 12.3. The van der Waals surface area contributed by atoms with Crippen LogP contribution in [0.15, 0.2) is 0 Å². The first kappa shape index (κ1) is 48.0. The van der Waals surface area contributed by atoms with Gasteiger partial charge in [0.05, 0.1) is 28.0 Å². The molecule has 0 N–H and O–H groups in total. The highest BCUT2D eigenvalue weighted by Crippen LogP contribution is 2.49. The smallest absolute Gasteiger partial charge is 0.192 e. The first-order valence-corrected chi connectivity index (χ1v) is 26.5. The molecule has 0 aromatic carbocycles. The summed E-state index contributed by atoms with van der Waals surface area (Å²) in [6.45, 7) is 25.0. The average molecular weight is 855 g/mol. The Labute approximate surface area is 367 Å². The fourth-order valence-electron chi connectivity index (χ4n) is 8.81. The Morgan fingerprint density at radius 3 is 1.16 bits per heavy atom. The van der Waals surface area contributed by atoms with Crippen LogP contribution in [0.25, 0.3) is 49.3 Å². The molecule has 8 heteroatoms. The van der Waals surface area contributed by atoms with Gasteiger partial charge in [-0.05, 0) is 48.6 Å². The van der Waals surface area contributed by atoms with E-state index in [4.69, 9.17) is 13.1 Å². The largest absolute Gasteiger partial charge is 0.537 e. The summed E-state index contributed by atoms with van der Waals surface area (Å²) in [4.78, 5) is 7.50. The zero-order valence-corrected chi connectivity index (χ0v) is 39.6. The van der Waals surface area contributed by atoms with E-state index < -0.39 is 0 Å². The number of hydrogen-bond acceptors (Lipinski definition) is 6. The van der Waals surface area contributed by atoms with Crippen LogP contribution < -0.4 is 9.06 Å². The molecule has 0 saturated heterocycles. The number of unbranched alkanes of at least 4 members (excludes halogenated alkanes) is 16. The minimum absolute atomic E-state index is 0.214. The maximum atomic E-state index is 10.1. The lowest BCUT2D eigenvalue weighted by atomic mass is 9.89. The van der Waals surface area contributed by atoms with E-state index in [1.165, 1.54) is 193 Å². The second kappa shape index (κ2) is 27.2. The van der Waals surface area contributed by atoms with Gasteiger partial charge in [0.25, 0.3) is 0 Å². The highest BCUT2D eigenvalue weighted by Gasteiger charge is 2.25. The van der Waals surface area contributed by atoms with Crippen molar-refractivity contribution < 1.29 is 0 Å². The molecule has 0 aliphatic rings. The van der Waals surface area contributed by atoms with E-state index in [9.17, 15) is 10.5 Å². The summed E-state index contributed by atoms with van der Waals surface area (Å²) < 4.78 is 9.26. The van der Waals surface area contributed by atoms with Gasteiger partial charge in [-0.2, -0.15) is 20.2 Å². The molecule has 0 aliphatic heterocycles. The fourth-order valence-corrected chi connectivity index (χ4v) is 14.9. The predicted octanol–water partition coefficient (Wildman–Crippen LogP) is 17.0. The molecule has 0 amide bonds. The van der Waals surface area contributed by atoms with Crippen molar-refractivity contribution in [2.24, 2.45) is 11.8 Å². The molecule has 2 atom stereocenters. The van der Waals surface area contributed by atoms with Crippen LogP contribution in [-0.4, -0.2) is 0 Å². The van der Waals surface area contributed by atoms with Crippen molar-refractivity contribution in [3.05, 3.63) is 43.0 Å². The summed E-state index contributed by atoms with van der Waals surface area (Å²) in [7, 11) is 0. The van der Waals surface area contributed by atoms with Crippen LogP contribution in [0.4, 0.5) is 0 Å². The molecule has 0 saturated carbocycles. The zero-order chi connectivity index (χ0) is 41.5. The second-order valence-electron chi connectivity index (χ2n) is 16.8. The Kier molecular flexibility index (Phi) is 22.5. The number of aryl methyl sites for hydroxylation is 2. The monoisotopic (exact) mass is 854 g/mol. The quantitative estimate of drug-likeness (QED) is 0.0387. The van der Waals surface area contributed by atoms with Crippen molar-refractivity contribution in [3.63, 3.8) is 0 Å². The van der Waals surface area contributed by atoms with Crippen LogP contribution in [0.3, 0.4) is 0 Å². The lowest BCUT2D eigenvalue weighted by Gasteiger charge is -2.17. The highest BCUT2D eigenvalue weighted by atomic mass is 32.1. The van der Waals surface area contributed by atoms with Crippen molar-refractivity contribution in [1.82, 2.24) is 0 Å². The van der Waals surface area contributed by atoms with E-state index in [-0.39, 0.29) is 11.4 Å². The molecule has 58 heavy (non-hydrogen) atoms. The molecule has 4 aromatic heterocycles. The number of nitrogens with zero attached hydrogens (tertiary/aromatic N) is 4. The van der Waals surface area contributed by atoms with Crippen LogP contribution in [-0.2, 0) is 12.8 Å². The van der Waals surface area contributed by atoms with Crippen LogP contribution in [0.1, 0.15) is 206 Å². The average Bonchev–Trinajstić information content (AvgIpc) is 3.97. The molecule has 2 unspecified atom stereocenters. The van der Waals surface area contributed by atoms with Gasteiger partial charge in [0.15, 0.2) is 0 Å². The number of hydrogen-bond donors (Lipinski definition) is 0. The van der Waals surface area contributed by atoms with Gasteiger partial charge < -0.3 is 0 Å². The first-order chi connectivity index (χ1) is 28.5. The van der Waals surface area contributed by atoms with E-state index in [1.54, 1.807) is 22.7 Å². The minimum Gasteiger partial charge on any atom is -0.192 e. The maximum Gasteiger partial charge on any atom is 0.537 e. The Bertz CT molecular complexity index is 1950. The standard InChI is InChI=1S/C50H70N4S4/c1-7-11-15-19-21-25-29-37(27-23-17-13-9-3)31-33-40-42(39(35-51)36-52)55-46-43(40)56-49-47-44(57-48(46)49)41(45(58-47)50(53-5)54-6)34-32-38(28-24-18-14-10-4)30-26-22-20-16-12-8-2/h37-38H,7-34H2,1-4H3. The second-order valence-corrected chi connectivity index (χ2v) is 20.8. The van der Waals surface area contributed by atoms with E-state index >= 15 is 0 Å². The summed E-state index contributed by atoms with van der Waals surface area (Å²) >= 11 is 6.99. The van der Waals surface area contributed by atoms with Crippen molar-refractivity contribution in [3.8, 4) is 12.1 Å². The molecule has 0 bridgehead atoms. The molecule has 4 aromatic rings. The molecule has 0 spiro atoms.